The molecule has 3 rings (SSSR count). The van der Waals surface area contributed by atoms with Gasteiger partial charge >= 0.3 is 5.97 Å². The van der Waals surface area contributed by atoms with Crippen LogP contribution in [0.2, 0.25) is 0 Å². The number of hydrogen-bond acceptors (Lipinski definition) is 3. The molecule has 5 nitrogen and oxygen atoms in total. The Labute approximate surface area is 131 Å². The minimum absolute atomic E-state index is 0. The number of fused-ring (bicyclic) bond motifs is 1. The van der Waals surface area contributed by atoms with Crippen molar-refractivity contribution in [2.45, 2.75) is 51.6 Å². The Hall–Kier alpha value is -0.810. The zero-order valence-corrected chi connectivity index (χ0v) is 13.4. The molecule has 0 aromatic heterocycles. The first kappa shape index (κ1) is 16.6. The van der Waals surface area contributed by atoms with E-state index < -0.39 is 18.1 Å². The highest BCUT2D eigenvalue weighted by Crippen LogP contribution is 2.64. The topological polar surface area (TPSA) is 83.6 Å². The van der Waals surface area contributed by atoms with E-state index in [9.17, 15) is 14.7 Å². The lowest BCUT2D eigenvalue weighted by atomic mass is 9.95. The molecule has 0 aromatic rings. The Balaban J connectivity index is 0.00000161. The lowest BCUT2D eigenvalue weighted by molar-refractivity contribution is -0.151. The predicted molar refractivity (Wildman–Crippen MR) is 81.1 cm³/mol. The maximum absolute atomic E-state index is 12.6. The lowest BCUT2D eigenvalue weighted by Gasteiger charge is -2.31. The largest absolute Gasteiger partial charge is 0.480 e. The van der Waals surface area contributed by atoms with Crippen molar-refractivity contribution in [3.05, 3.63) is 0 Å². The van der Waals surface area contributed by atoms with Crippen molar-refractivity contribution in [1.82, 2.24) is 4.90 Å². The molecule has 120 valence electrons. The van der Waals surface area contributed by atoms with Crippen LogP contribution in [-0.4, -0.2) is 40.5 Å². The van der Waals surface area contributed by atoms with Gasteiger partial charge in [-0.15, -0.1) is 12.4 Å². The fraction of sp³-hybridized carbons (Fsp3) is 0.867. The lowest BCUT2D eigenvalue weighted by Crippen LogP contribution is -2.53. The van der Waals surface area contributed by atoms with E-state index >= 15 is 0 Å². The molecular weight excluding hydrogens is 292 g/mol. The molecule has 2 aliphatic carbocycles. The zero-order chi connectivity index (χ0) is 14.7. The Morgan fingerprint density at radius 1 is 1.29 bits per heavy atom. The Morgan fingerprint density at radius 2 is 1.86 bits per heavy atom. The summed E-state index contributed by atoms with van der Waals surface area (Å²) in [7, 11) is 0. The molecule has 2 saturated carbocycles. The number of piperidine rings is 1. The average Bonchev–Trinajstić information content (AvgIpc) is 2.91. The summed E-state index contributed by atoms with van der Waals surface area (Å²) in [5.41, 5.74) is 6.16. The van der Waals surface area contributed by atoms with Crippen LogP contribution in [-0.2, 0) is 9.59 Å². The molecule has 1 aliphatic heterocycles. The number of rotatable bonds is 3. The van der Waals surface area contributed by atoms with Crippen LogP contribution in [0.5, 0.6) is 0 Å². The van der Waals surface area contributed by atoms with Crippen LogP contribution >= 0.6 is 12.4 Å². The van der Waals surface area contributed by atoms with Gasteiger partial charge in [0.25, 0.3) is 0 Å². The van der Waals surface area contributed by atoms with Crippen LogP contribution in [0, 0.1) is 23.2 Å². The van der Waals surface area contributed by atoms with Gasteiger partial charge in [-0.25, -0.2) is 4.79 Å². The third-order valence-corrected chi connectivity index (χ3v) is 5.94. The molecule has 0 radical (unpaired) electrons. The summed E-state index contributed by atoms with van der Waals surface area (Å²) in [5.74, 6) is -0.368. The molecular formula is C15H25ClN2O3. The van der Waals surface area contributed by atoms with Crippen molar-refractivity contribution in [2.24, 2.45) is 28.9 Å². The minimum atomic E-state index is -0.880. The van der Waals surface area contributed by atoms with Gasteiger partial charge in [-0.05, 0) is 30.1 Å². The van der Waals surface area contributed by atoms with E-state index in [-0.39, 0.29) is 35.6 Å². The van der Waals surface area contributed by atoms with Gasteiger partial charge in [0, 0.05) is 12.5 Å². The monoisotopic (exact) mass is 316 g/mol. The highest BCUT2D eigenvalue weighted by Gasteiger charge is 2.69. The normalized spacial score (nSPS) is 35.0. The number of nitrogens with zero attached hydrogens (tertiary/aromatic N) is 1. The first-order valence-corrected chi connectivity index (χ1v) is 7.64. The number of carbonyl (C=O) groups excluding carboxylic acids is 1. The number of amides is 1. The van der Waals surface area contributed by atoms with Crippen molar-refractivity contribution in [3.8, 4) is 0 Å². The SMILES string of the molecule is CC1(C)[C@@H]2[C@@H](C(=O)O)N(C(=O)[C@@H](N)C3CCCC3)C[C@@H]21.Cl. The molecule has 21 heavy (non-hydrogen) atoms. The summed E-state index contributed by atoms with van der Waals surface area (Å²) >= 11 is 0. The van der Waals surface area contributed by atoms with E-state index in [0.29, 0.717) is 12.5 Å². The fourth-order valence-electron chi connectivity index (χ4n) is 4.51. The minimum Gasteiger partial charge on any atom is -0.480 e. The number of halogens is 1. The number of carbonyl (C=O) groups is 2. The maximum atomic E-state index is 12.6. The van der Waals surface area contributed by atoms with Gasteiger partial charge in [-0.1, -0.05) is 26.7 Å². The van der Waals surface area contributed by atoms with Crippen molar-refractivity contribution in [1.29, 1.82) is 0 Å². The molecule has 0 aromatic carbocycles. The van der Waals surface area contributed by atoms with Crippen LogP contribution in [0.4, 0.5) is 0 Å². The Bertz CT molecular complexity index is 448. The van der Waals surface area contributed by atoms with Crippen LogP contribution in [0.1, 0.15) is 39.5 Å². The zero-order valence-electron chi connectivity index (χ0n) is 12.6. The van der Waals surface area contributed by atoms with Crippen molar-refractivity contribution in [2.75, 3.05) is 6.54 Å². The van der Waals surface area contributed by atoms with E-state index in [1.54, 1.807) is 4.90 Å². The van der Waals surface area contributed by atoms with Gasteiger partial charge in [0.15, 0.2) is 0 Å². The predicted octanol–water partition coefficient (Wildman–Crippen LogP) is 1.49. The van der Waals surface area contributed by atoms with Gasteiger partial charge in [0.05, 0.1) is 6.04 Å². The summed E-state index contributed by atoms with van der Waals surface area (Å²) in [6, 6.07) is -1.19. The molecule has 3 aliphatic rings. The summed E-state index contributed by atoms with van der Waals surface area (Å²) < 4.78 is 0. The van der Waals surface area contributed by atoms with E-state index in [1.165, 1.54) is 0 Å². The Morgan fingerprint density at radius 3 is 2.38 bits per heavy atom. The second-order valence-corrected chi connectivity index (χ2v) is 7.30. The smallest absolute Gasteiger partial charge is 0.326 e. The van der Waals surface area contributed by atoms with Gasteiger partial charge < -0.3 is 15.7 Å². The third kappa shape index (κ3) is 2.44. The summed E-state index contributed by atoms with van der Waals surface area (Å²) in [6.45, 7) is 4.75. The standard InChI is InChI=1S/C15H24N2O3.ClH/c1-15(2)9-7-17(12(10(9)15)14(19)20)13(18)11(16)8-5-3-4-6-8;/h8-12H,3-7,16H2,1-2H3,(H,19,20);1H/t9-,10-,11-,12-;/m0./s1. The summed E-state index contributed by atoms with van der Waals surface area (Å²) in [6.07, 6.45) is 4.26. The summed E-state index contributed by atoms with van der Waals surface area (Å²) in [5, 5.41) is 9.47. The number of carboxylic acids is 1. The molecule has 4 atom stereocenters. The van der Waals surface area contributed by atoms with Gasteiger partial charge in [-0.2, -0.15) is 0 Å². The molecule has 0 unspecified atom stereocenters. The van der Waals surface area contributed by atoms with Crippen molar-refractivity contribution >= 4 is 24.3 Å². The fourth-order valence-corrected chi connectivity index (χ4v) is 4.51. The van der Waals surface area contributed by atoms with E-state index in [0.717, 1.165) is 25.7 Å². The van der Waals surface area contributed by atoms with Crippen LogP contribution in [0.25, 0.3) is 0 Å². The van der Waals surface area contributed by atoms with E-state index in [2.05, 4.69) is 13.8 Å². The van der Waals surface area contributed by atoms with Crippen LogP contribution in [0.15, 0.2) is 0 Å². The number of likely N-dealkylation sites (tertiary alicyclic amines) is 1. The van der Waals surface area contributed by atoms with Crippen molar-refractivity contribution < 1.29 is 14.7 Å². The van der Waals surface area contributed by atoms with Gasteiger partial charge in [-0.3, -0.25) is 4.79 Å². The molecule has 1 heterocycles. The van der Waals surface area contributed by atoms with Crippen LogP contribution in [0.3, 0.4) is 0 Å². The molecule has 0 bridgehead atoms. The van der Waals surface area contributed by atoms with Gasteiger partial charge in [0.1, 0.15) is 6.04 Å². The molecule has 3 fully saturated rings. The molecule has 1 amide bonds. The van der Waals surface area contributed by atoms with Gasteiger partial charge in [0.2, 0.25) is 5.91 Å². The number of hydrogen-bond donors (Lipinski definition) is 2. The maximum Gasteiger partial charge on any atom is 0.326 e. The second-order valence-electron chi connectivity index (χ2n) is 7.30. The summed E-state index contributed by atoms with van der Waals surface area (Å²) in [4.78, 5) is 25.7. The molecule has 1 saturated heterocycles. The third-order valence-electron chi connectivity index (χ3n) is 5.94. The highest BCUT2D eigenvalue weighted by molar-refractivity contribution is 5.88. The molecule has 3 N–H and O–H groups in total. The van der Waals surface area contributed by atoms with Crippen LogP contribution < -0.4 is 5.73 Å². The first-order valence-electron chi connectivity index (χ1n) is 7.64. The number of nitrogens with two attached hydrogens (primary N) is 1. The molecule has 0 spiro atoms. The Kier molecular flexibility index (Phi) is 4.28. The first-order chi connectivity index (χ1) is 9.35. The van der Waals surface area contributed by atoms with E-state index in [4.69, 9.17) is 5.73 Å². The number of aliphatic carboxylic acids is 1. The average molecular weight is 317 g/mol. The second kappa shape index (κ2) is 5.43. The molecule has 6 heteroatoms. The van der Waals surface area contributed by atoms with Crippen molar-refractivity contribution in [3.63, 3.8) is 0 Å². The van der Waals surface area contributed by atoms with E-state index in [1.807, 2.05) is 0 Å². The highest BCUT2D eigenvalue weighted by atomic mass is 35.5. The number of carboxylic acid groups (broad SMARTS) is 1. The quantitative estimate of drug-likeness (QED) is 0.826.